The van der Waals surface area contributed by atoms with E-state index in [1.807, 2.05) is 24.3 Å². The summed E-state index contributed by atoms with van der Waals surface area (Å²) < 4.78 is 16.0. The summed E-state index contributed by atoms with van der Waals surface area (Å²) in [5.41, 5.74) is 2.16. The molecule has 2 rings (SSSR count). The molecule has 1 aromatic heterocycles. The molecular formula is C16H19ClO3. The Morgan fingerprint density at radius 1 is 1.15 bits per heavy atom. The number of furan rings is 1. The highest BCUT2D eigenvalue weighted by molar-refractivity contribution is 6.21. The van der Waals surface area contributed by atoms with Gasteiger partial charge in [0, 0.05) is 12.0 Å². The molecule has 1 heterocycles. The van der Waals surface area contributed by atoms with Crippen molar-refractivity contribution in [3.05, 3.63) is 47.4 Å². The summed E-state index contributed by atoms with van der Waals surface area (Å²) in [7, 11) is 3.26. The first kappa shape index (κ1) is 14.8. The Balaban J connectivity index is 2.17. The maximum absolute atomic E-state index is 6.50. The van der Waals surface area contributed by atoms with Crippen molar-refractivity contribution in [3.63, 3.8) is 0 Å². The number of aryl methyl sites for hydroxylation is 1. The van der Waals surface area contributed by atoms with Gasteiger partial charge in [0.25, 0.3) is 0 Å². The maximum Gasteiger partial charge on any atom is 0.160 e. The van der Waals surface area contributed by atoms with Crippen LogP contribution in [0, 0.1) is 0 Å². The second kappa shape index (κ2) is 6.71. The molecule has 3 nitrogen and oxygen atoms in total. The van der Waals surface area contributed by atoms with Crippen LogP contribution >= 0.6 is 11.6 Å². The summed E-state index contributed by atoms with van der Waals surface area (Å²) >= 11 is 6.50. The summed E-state index contributed by atoms with van der Waals surface area (Å²) in [6.07, 6.45) is 3.25. The van der Waals surface area contributed by atoms with Crippen molar-refractivity contribution < 1.29 is 13.9 Å². The molecule has 0 radical (unpaired) electrons. The zero-order valence-corrected chi connectivity index (χ0v) is 12.7. The quantitative estimate of drug-likeness (QED) is 0.741. The lowest BCUT2D eigenvalue weighted by molar-refractivity contribution is 0.354. The van der Waals surface area contributed by atoms with Crippen LogP contribution in [0.3, 0.4) is 0 Å². The van der Waals surface area contributed by atoms with Gasteiger partial charge in [-0.25, -0.2) is 0 Å². The van der Waals surface area contributed by atoms with Gasteiger partial charge in [-0.05, 0) is 30.2 Å². The van der Waals surface area contributed by atoms with E-state index in [4.69, 9.17) is 25.5 Å². The van der Waals surface area contributed by atoms with Gasteiger partial charge in [-0.2, -0.15) is 0 Å². The first-order valence-electron chi connectivity index (χ1n) is 6.60. The van der Waals surface area contributed by atoms with Gasteiger partial charge in [0.1, 0.15) is 5.76 Å². The molecule has 20 heavy (non-hydrogen) atoms. The molecule has 0 amide bonds. The Labute approximate surface area is 124 Å². The number of hydrogen-bond acceptors (Lipinski definition) is 3. The molecule has 0 saturated carbocycles. The number of methoxy groups -OCH3 is 2. The normalized spacial score (nSPS) is 12.2. The van der Waals surface area contributed by atoms with Gasteiger partial charge >= 0.3 is 0 Å². The molecule has 1 aromatic carbocycles. The molecule has 108 valence electrons. The average Bonchev–Trinajstić information content (AvgIpc) is 2.95. The molecule has 0 aliphatic heterocycles. The Kier molecular flexibility index (Phi) is 4.96. The van der Waals surface area contributed by atoms with E-state index in [-0.39, 0.29) is 5.38 Å². The third kappa shape index (κ3) is 3.10. The Hall–Kier alpha value is -1.61. The van der Waals surface area contributed by atoms with Crippen LogP contribution in [0.4, 0.5) is 0 Å². The second-order valence-electron chi connectivity index (χ2n) is 4.51. The van der Waals surface area contributed by atoms with Crippen molar-refractivity contribution in [2.75, 3.05) is 14.2 Å². The van der Waals surface area contributed by atoms with Crippen LogP contribution in [-0.2, 0) is 12.8 Å². The molecule has 1 unspecified atom stereocenters. The number of benzene rings is 1. The molecule has 0 bridgehead atoms. The van der Waals surface area contributed by atoms with E-state index in [1.54, 1.807) is 20.5 Å². The number of alkyl halides is 1. The van der Waals surface area contributed by atoms with Crippen LogP contribution in [0.25, 0.3) is 0 Å². The lowest BCUT2D eigenvalue weighted by Crippen LogP contribution is -1.99. The first-order valence-corrected chi connectivity index (χ1v) is 7.04. The number of hydrogen-bond donors (Lipinski definition) is 0. The Morgan fingerprint density at radius 2 is 1.90 bits per heavy atom. The number of halogens is 1. The van der Waals surface area contributed by atoms with E-state index in [9.17, 15) is 0 Å². The van der Waals surface area contributed by atoms with Crippen LogP contribution in [0.15, 0.2) is 34.9 Å². The van der Waals surface area contributed by atoms with Gasteiger partial charge in [-0.3, -0.25) is 0 Å². The highest BCUT2D eigenvalue weighted by atomic mass is 35.5. The number of ether oxygens (including phenoxy) is 2. The van der Waals surface area contributed by atoms with E-state index in [2.05, 4.69) is 6.92 Å². The lowest BCUT2D eigenvalue weighted by atomic mass is 10.0. The maximum atomic E-state index is 6.50. The largest absolute Gasteiger partial charge is 0.493 e. The summed E-state index contributed by atoms with van der Waals surface area (Å²) in [6, 6.07) is 7.80. The molecule has 0 saturated heterocycles. The minimum absolute atomic E-state index is 0.109. The van der Waals surface area contributed by atoms with Crippen molar-refractivity contribution in [2.45, 2.75) is 25.1 Å². The van der Waals surface area contributed by atoms with Crippen LogP contribution in [0.5, 0.6) is 11.5 Å². The molecule has 0 N–H and O–H groups in total. The van der Waals surface area contributed by atoms with E-state index in [0.717, 1.165) is 34.8 Å². The molecule has 0 aliphatic carbocycles. The molecule has 0 spiro atoms. The third-order valence-electron chi connectivity index (χ3n) is 3.30. The van der Waals surface area contributed by atoms with Crippen molar-refractivity contribution in [2.24, 2.45) is 0 Å². The molecule has 0 aliphatic rings. The summed E-state index contributed by atoms with van der Waals surface area (Å²) in [5.74, 6) is 2.39. The fourth-order valence-corrected chi connectivity index (χ4v) is 2.61. The fraction of sp³-hybridized carbons (Fsp3) is 0.375. The van der Waals surface area contributed by atoms with E-state index in [1.165, 1.54) is 0 Å². The van der Waals surface area contributed by atoms with Crippen LogP contribution in [0.2, 0.25) is 0 Å². The first-order chi connectivity index (χ1) is 9.69. The van der Waals surface area contributed by atoms with Crippen molar-refractivity contribution in [1.82, 2.24) is 0 Å². The predicted molar refractivity (Wildman–Crippen MR) is 79.9 cm³/mol. The molecule has 2 aromatic rings. The fourth-order valence-electron chi connectivity index (χ4n) is 2.24. The Bertz CT molecular complexity index is 563. The van der Waals surface area contributed by atoms with Gasteiger partial charge in [0.2, 0.25) is 0 Å². The highest BCUT2D eigenvalue weighted by Gasteiger charge is 2.16. The highest BCUT2D eigenvalue weighted by Crippen LogP contribution is 2.33. The zero-order chi connectivity index (χ0) is 14.5. The van der Waals surface area contributed by atoms with E-state index in [0.29, 0.717) is 6.42 Å². The minimum Gasteiger partial charge on any atom is -0.493 e. The van der Waals surface area contributed by atoms with Crippen molar-refractivity contribution in [1.29, 1.82) is 0 Å². The summed E-state index contributed by atoms with van der Waals surface area (Å²) in [4.78, 5) is 0. The van der Waals surface area contributed by atoms with Gasteiger partial charge in [-0.15, -0.1) is 11.6 Å². The van der Waals surface area contributed by atoms with Crippen molar-refractivity contribution in [3.8, 4) is 11.5 Å². The van der Waals surface area contributed by atoms with Gasteiger partial charge in [-0.1, -0.05) is 13.0 Å². The number of rotatable bonds is 6. The van der Waals surface area contributed by atoms with E-state index < -0.39 is 0 Å². The van der Waals surface area contributed by atoms with E-state index >= 15 is 0 Å². The lowest BCUT2D eigenvalue weighted by Gasteiger charge is -2.12. The van der Waals surface area contributed by atoms with Gasteiger partial charge < -0.3 is 13.9 Å². The molecule has 1 atom stereocenters. The second-order valence-corrected chi connectivity index (χ2v) is 5.04. The van der Waals surface area contributed by atoms with Crippen LogP contribution in [-0.4, -0.2) is 14.2 Å². The monoisotopic (exact) mass is 294 g/mol. The van der Waals surface area contributed by atoms with Gasteiger partial charge in [0.15, 0.2) is 11.5 Å². The Morgan fingerprint density at radius 3 is 2.55 bits per heavy atom. The topological polar surface area (TPSA) is 31.6 Å². The van der Waals surface area contributed by atoms with Crippen molar-refractivity contribution >= 4 is 11.6 Å². The SMILES string of the molecule is CCc1occc1C(Cl)Cc1ccc(OC)c(OC)c1. The molecule has 4 heteroatoms. The smallest absolute Gasteiger partial charge is 0.160 e. The molecular weight excluding hydrogens is 276 g/mol. The molecule has 0 fully saturated rings. The summed E-state index contributed by atoms with van der Waals surface area (Å²) in [6.45, 7) is 2.06. The average molecular weight is 295 g/mol. The van der Waals surface area contributed by atoms with Crippen LogP contribution in [0.1, 0.15) is 29.2 Å². The predicted octanol–water partition coefficient (Wildman–Crippen LogP) is 4.38. The van der Waals surface area contributed by atoms with Crippen LogP contribution < -0.4 is 9.47 Å². The standard InChI is InChI=1S/C16H19ClO3/c1-4-14-12(7-8-20-14)13(17)9-11-5-6-15(18-2)16(10-11)19-3/h5-8,10,13H,4,9H2,1-3H3. The zero-order valence-electron chi connectivity index (χ0n) is 12.0. The minimum atomic E-state index is -0.109. The summed E-state index contributed by atoms with van der Waals surface area (Å²) in [5, 5.41) is -0.109. The van der Waals surface area contributed by atoms with Gasteiger partial charge in [0.05, 0.1) is 25.9 Å². The third-order valence-corrected chi connectivity index (χ3v) is 3.69.